The van der Waals surface area contributed by atoms with E-state index in [-0.39, 0.29) is 0 Å². The summed E-state index contributed by atoms with van der Waals surface area (Å²) in [6.45, 7) is 4.01. The van der Waals surface area contributed by atoms with Crippen molar-refractivity contribution < 1.29 is 8.42 Å². The molecular weight excluding hydrogens is 382 g/mol. The van der Waals surface area contributed by atoms with Gasteiger partial charge in [-0.15, -0.1) is 0 Å². The van der Waals surface area contributed by atoms with Crippen molar-refractivity contribution in [1.82, 2.24) is 9.38 Å². The minimum absolute atomic E-state index is 0.502. The van der Waals surface area contributed by atoms with E-state index in [1.165, 1.54) is 5.41 Å². The predicted molar refractivity (Wildman–Crippen MR) is 118 cm³/mol. The van der Waals surface area contributed by atoms with Gasteiger partial charge in [0, 0.05) is 23.6 Å². The van der Waals surface area contributed by atoms with E-state index < -0.39 is 10.0 Å². The zero-order chi connectivity index (χ0) is 20.4. The van der Waals surface area contributed by atoms with Crippen LogP contribution in [0.5, 0.6) is 0 Å². The van der Waals surface area contributed by atoms with Crippen molar-refractivity contribution in [2.45, 2.75) is 13.8 Å². The highest BCUT2D eigenvalue weighted by Gasteiger charge is 2.08. The van der Waals surface area contributed by atoms with Crippen molar-refractivity contribution in [3.63, 3.8) is 0 Å². The monoisotopic (exact) mass is 403 g/mol. The normalized spacial score (nSPS) is 11.9. The Bertz CT molecular complexity index is 1290. The zero-order valence-electron chi connectivity index (χ0n) is 16.2. The Morgan fingerprint density at radius 2 is 1.69 bits per heavy atom. The van der Waals surface area contributed by atoms with Gasteiger partial charge in [-0.1, -0.05) is 48.0 Å². The molecule has 2 aromatic heterocycles. The Hall–Kier alpha value is -3.38. The summed E-state index contributed by atoms with van der Waals surface area (Å²) in [5.41, 5.74) is 6.24. The molecule has 4 rings (SSSR count). The molecule has 4 aromatic rings. The molecule has 0 fully saturated rings. The summed E-state index contributed by atoms with van der Waals surface area (Å²) in [6.07, 6.45) is 5.50. The highest BCUT2D eigenvalue weighted by atomic mass is 32.2. The van der Waals surface area contributed by atoms with E-state index in [2.05, 4.69) is 9.71 Å². The number of hydrogen-bond donors (Lipinski definition) is 1. The lowest BCUT2D eigenvalue weighted by Crippen LogP contribution is -2.08. The van der Waals surface area contributed by atoms with Gasteiger partial charge in [-0.2, -0.15) is 0 Å². The van der Waals surface area contributed by atoms with Gasteiger partial charge in [0.2, 0.25) is 0 Å². The molecule has 0 radical (unpaired) electrons. The number of imidazole rings is 1. The van der Waals surface area contributed by atoms with Crippen LogP contribution in [0.25, 0.3) is 23.0 Å². The lowest BCUT2D eigenvalue weighted by molar-refractivity contribution is 0.609. The maximum atomic E-state index is 12.3. The maximum Gasteiger partial charge on any atom is 0.255 e. The van der Waals surface area contributed by atoms with E-state index in [0.29, 0.717) is 5.69 Å². The molecule has 2 heterocycles. The molecule has 29 heavy (non-hydrogen) atoms. The van der Waals surface area contributed by atoms with Crippen molar-refractivity contribution >= 4 is 27.4 Å². The lowest BCUT2D eigenvalue weighted by Gasteiger charge is -2.05. The van der Waals surface area contributed by atoms with Gasteiger partial charge in [0.15, 0.2) is 0 Å². The van der Waals surface area contributed by atoms with Gasteiger partial charge in [0.05, 0.1) is 11.1 Å². The van der Waals surface area contributed by atoms with Gasteiger partial charge in [-0.3, -0.25) is 4.72 Å². The number of nitrogens with one attached hydrogen (secondary N) is 1. The summed E-state index contributed by atoms with van der Waals surface area (Å²) >= 11 is 0. The van der Waals surface area contributed by atoms with Crippen molar-refractivity contribution in [2.24, 2.45) is 0 Å². The average molecular weight is 404 g/mol. The molecule has 0 aliphatic heterocycles. The van der Waals surface area contributed by atoms with Crippen LogP contribution in [0, 0.1) is 13.8 Å². The molecule has 1 N–H and O–H groups in total. The molecule has 0 saturated heterocycles. The molecular formula is C23H21N3O2S. The van der Waals surface area contributed by atoms with Gasteiger partial charge >= 0.3 is 0 Å². The second-order valence-corrected chi connectivity index (χ2v) is 8.55. The van der Waals surface area contributed by atoms with E-state index >= 15 is 0 Å². The maximum absolute atomic E-state index is 12.3. The van der Waals surface area contributed by atoms with Gasteiger partial charge in [-0.25, -0.2) is 13.4 Å². The molecule has 2 aromatic carbocycles. The van der Waals surface area contributed by atoms with Crippen LogP contribution in [0.1, 0.15) is 16.7 Å². The topological polar surface area (TPSA) is 63.5 Å². The second kappa shape index (κ2) is 7.56. The minimum Gasteiger partial charge on any atom is -0.306 e. The van der Waals surface area contributed by atoms with Gasteiger partial charge in [-0.05, 0) is 49.2 Å². The third kappa shape index (κ3) is 4.38. The van der Waals surface area contributed by atoms with Crippen molar-refractivity contribution in [2.75, 3.05) is 4.72 Å². The van der Waals surface area contributed by atoms with Crippen LogP contribution >= 0.6 is 0 Å². The summed E-state index contributed by atoms with van der Waals surface area (Å²) in [4.78, 5) is 4.67. The van der Waals surface area contributed by atoms with Crippen LogP contribution in [0.3, 0.4) is 0 Å². The Morgan fingerprint density at radius 1 is 0.966 bits per heavy atom. The SMILES string of the molecule is Cc1ccc(/C=C/S(=O)(=O)Nc2ccc(-c3cn4cccc(C)c4n3)cc2)cc1. The first-order valence-electron chi connectivity index (χ1n) is 9.22. The molecule has 0 saturated carbocycles. The minimum atomic E-state index is -3.60. The first-order valence-corrected chi connectivity index (χ1v) is 10.8. The molecule has 146 valence electrons. The molecule has 0 bridgehead atoms. The third-order valence-electron chi connectivity index (χ3n) is 4.64. The number of pyridine rings is 1. The molecule has 6 heteroatoms. The Kier molecular flexibility index (Phi) is 4.94. The molecule has 0 spiro atoms. The van der Waals surface area contributed by atoms with Crippen molar-refractivity contribution in [3.05, 3.63) is 95.2 Å². The number of sulfonamides is 1. The third-order valence-corrected chi connectivity index (χ3v) is 5.65. The van der Waals surface area contributed by atoms with Crippen LogP contribution in [0.4, 0.5) is 5.69 Å². The first-order chi connectivity index (χ1) is 13.9. The van der Waals surface area contributed by atoms with Gasteiger partial charge in [0.1, 0.15) is 5.65 Å². The quantitative estimate of drug-likeness (QED) is 0.508. The molecule has 0 unspecified atom stereocenters. The lowest BCUT2D eigenvalue weighted by atomic mass is 10.1. The first kappa shape index (κ1) is 19.0. The number of aryl methyl sites for hydroxylation is 2. The number of aromatic nitrogens is 2. The number of benzene rings is 2. The molecule has 0 aliphatic rings. The predicted octanol–water partition coefficient (Wildman–Crippen LogP) is 5.03. The largest absolute Gasteiger partial charge is 0.306 e. The van der Waals surface area contributed by atoms with Gasteiger partial charge < -0.3 is 4.40 Å². The fourth-order valence-electron chi connectivity index (χ4n) is 3.05. The van der Waals surface area contributed by atoms with Gasteiger partial charge in [0.25, 0.3) is 10.0 Å². The summed E-state index contributed by atoms with van der Waals surface area (Å²) in [5, 5.41) is 1.18. The zero-order valence-corrected chi connectivity index (χ0v) is 17.0. The highest BCUT2D eigenvalue weighted by molar-refractivity contribution is 7.95. The highest BCUT2D eigenvalue weighted by Crippen LogP contribution is 2.23. The van der Waals surface area contributed by atoms with Crippen LogP contribution in [-0.2, 0) is 10.0 Å². The van der Waals surface area contributed by atoms with Crippen LogP contribution in [-0.4, -0.2) is 17.8 Å². The number of nitrogens with zero attached hydrogens (tertiary/aromatic N) is 2. The second-order valence-electron chi connectivity index (χ2n) is 6.99. The molecule has 0 atom stereocenters. The van der Waals surface area contributed by atoms with E-state index in [9.17, 15) is 8.42 Å². The van der Waals surface area contributed by atoms with Crippen molar-refractivity contribution in [3.8, 4) is 11.3 Å². The Balaban J connectivity index is 1.51. The Labute approximate surface area is 170 Å². The fraction of sp³-hybridized carbons (Fsp3) is 0.0870. The Morgan fingerprint density at radius 3 is 2.38 bits per heavy atom. The van der Waals surface area contributed by atoms with E-state index in [0.717, 1.165) is 33.6 Å². The summed E-state index contributed by atoms with van der Waals surface area (Å²) in [6, 6.07) is 18.9. The van der Waals surface area contributed by atoms with E-state index in [1.807, 2.05) is 79.2 Å². The van der Waals surface area contributed by atoms with Crippen LogP contribution in [0.2, 0.25) is 0 Å². The molecule has 0 amide bonds. The summed E-state index contributed by atoms with van der Waals surface area (Å²) in [7, 11) is -3.60. The number of anilines is 1. The number of fused-ring (bicyclic) bond motifs is 1. The number of rotatable bonds is 5. The fourth-order valence-corrected chi connectivity index (χ4v) is 3.91. The number of hydrogen-bond acceptors (Lipinski definition) is 3. The smallest absolute Gasteiger partial charge is 0.255 e. The molecule has 5 nitrogen and oxygen atoms in total. The molecule has 0 aliphatic carbocycles. The van der Waals surface area contributed by atoms with E-state index in [4.69, 9.17) is 0 Å². The van der Waals surface area contributed by atoms with Crippen molar-refractivity contribution in [1.29, 1.82) is 0 Å². The van der Waals surface area contributed by atoms with E-state index in [1.54, 1.807) is 18.2 Å². The van der Waals surface area contributed by atoms with Crippen LogP contribution in [0.15, 0.2) is 78.5 Å². The average Bonchev–Trinajstić information content (AvgIpc) is 3.14. The van der Waals surface area contributed by atoms with Crippen LogP contribution < -0.4 is 4.72 Å². The summed E-state index contributed by atoms with van der Waals surface area (Å²) < 4.78 is 29.2. The standard InChI is InChI=1S/C23H21N3O2S/c1-17-5-7-19(8-6-17)13-15-29(27,28)25-21-11-9-20(10-12-21)22-16-26-14-3-4-18(2)23(26)24-22/h3-16,25H,1-2H3/b15-13+. The summed E-state index contributed by atoms with van der Waals surface area (Å²) in [5.74, 6) is 0.